The molecular formula is C21H26BNO3. The Balaban J connectivity index is 1.67. The number of aryl methyl sites for hydroxylation is 1. The van der Waals surface area contributed by atoms with Gasteiger partial charge in [-0.3, -0.25) is 0 Å². The van der Waals surface area contributed by atoms with Gasteiger partial charge in [-0.05, 0) is 63.8 Å². The maximum atomic E-state index is 6.20. The molecular weight excluding hydrogens is 325 g/mol. The SMILES string of the molecule is Cc1ccc2c(c1)N(C)Cc1cc(B3OC(C)(C)C(C)(C)O3)ccc1O2. The van der Waals surface area contributed by atoms with Gasteiger partial charge in [0.2, 0.25) is 0 Å². The summed E-state index contributed by atoms with van der Waals surface area (Å²) in [4.78, 5) is 2.22. The molecule has 0 radical (unpaired) electrons. The van der Waals surface area contributed by atoms with Crippen molar-refractivity contribution in [1.82, 2.24) is 0 Å². The molecule has 136 valence electrons. The first-order valence-corrected chi connectivity index (χ1v) is 9.14. The smallest absolute Gasteiger partial charge is 0.455 e. The second-order valence-electron chi connectivity index (χ2n) is 8.38. The summed E-state index contributed by atoms with van der Waals surface area (Å²) in [7, 11) is 1.74. The van der Waals surface area contributed by atoms with Gasteiger partial charge in [0.05, 0.1) is 16.9 Å². The highest BCUT2D eigenvalue weighted by Crippen LogP contribution is 2.40. The lowest BCUT2D eigenvalue weighted by molar-refractivity contribution is 0.00578. The summed E-state index contributed by atoms with van der Waals surface area (Å²) in [5.74, 6) is 1.78. The first kappa shape index (κ1) is 17.4. The molecule has 0 aromatic heterocycles. The lowest BCUT2D eigenvalue weighted by atomic mass is 9.78. The third-order valence-electron chi connectivity index (χ3n) is 5.76. The average Bonchev–Trinajstić information content (AvgIpc) is 2.70. The molecule has 0 amide bonds. The predicted molar refractivity (Wildman–Crippen MR) is 106 cm³/mol. The van der Waals surface area contributed by atoms with Crippen LogP contribution in [0.25, 0.3) is 0 Å². The molecule has 2 aliphatic rings. The quantitative estimate of drug-likeness (QED) is 0.726. The summed E-state index contributed by atoms with van der Waals surface area (Å²) < 4.78 is 18.6. The first-order valence-electron chi connectivity index (χ1n) is 9.14. The minimum absolute atomic E-state index is 0.342. The van der Waals surface area contributed by atoms with Crippen molar-refractivity contribution in [3.8, 4) is 11.5 Å². The number of anilines is 1. The normalized spacial score (nSPS) is 20.2. The Labute approximate surface area is 156 Å². The molecule has 2 aromatic rings. The number of hydrogen-bond acceptors (Lipinski definition) is 4. The van der Waals surface area contributed by atoms with Crippen molar-refractivity contribution in [2.45, 2.75) is 52.4 Å². The minimum Gasteiger partial charge on any atom is -0.455 e. The fraction of sp³-hybridized carbons (Fsp3) is 0.429. The Hall–Kier alpha value is -1.98. The van der Waals surface area contributed by atoms with Gasteiger partial charge in [0.25, 0.3) is 0 Å². The highest BCUT2D eigenvalue weighted by Gasteiger charge is 2.51. The summed E-state index contributed by atoms with van der Waals surface area (Å²) in [5, 5.41) is 0. The first-order chi connectivity index (χ1) is 12.2. The van der Waals surface area contributed by atoms with Crippen LogP contribution in [0.15, 0.2) is 36.4 Å². The second kappa shape index (κ2) is 5.76. The Kier molecular flexibility index (Phi) is 3.87. The Morgan fingerprint density at radius 2 is 1.58 bits per heavy atom. The summed E-state index contributed by atoms with van der Waals surface area (Å²) in [6, 6.07) is 12.5. The topological polar surface area (TPSA) is 30.9 Å². The molecule has 0 atom stereocenters. The fourth-order valence-electron chi connectivity index (χ4n) is 3.42. The molecule has 0 spiro atoms. The summed E-state index contributed by atoms with van der Waals surface area (Å²) in [5.41, 5.74) is 3.81. The molecule has 0 unspecified atom stereocenters. The van der Waals surface area contributed by atoms with Gasteiger partial charge in [-0.2, -0.15) is 0 Å². The van der Waals surface area contributed by atoms with Gasteiger partial charge in [-0.1, -0.05) is 18.2 Å². The Morgan fingerprint density at radius 3 is 2.27 bits per heavy atom. The van der Waals surface area contributed by atoms with Crippen LogP contribution in [0.4, 0.5) is 5.69 Å². The monoisotopic (exact) mass is 351 g/mol. The number of benzene rings is 2. The highest BCUT2D eigenvalue weighted by molar-refractivity contribution is 6.62. The van der Waals surface area contributed by atoms with Gasteiger partial charge in [0.15, 0.2) is 5.75 Å². The van der Waals surface area contributed by atoms with Crippen LogP contribution in [0.3, 0.4) is 0 Å². The standard InChI is InChI=1S/C21H26BNO3/c1-14-7-9-19-17(11-14)23(6)13-15-12-16(8-10-18(15)24-19)22-25-20(2,3)21(4,5)26-22/h7-12H,13H2,1-6H3. The van der Waals surface area contributed by atoms with E-state index in [0.29, 0.717) is 0 Å². The van der Waals surface area contributed by atoms with Gasteiger partial charge < -0.3 is 18.9 Å². The molecule has 26 heavy (non-hydrogen) atoms. The predicted octanol–water partition coefficient (Wildman–Crippen LogP) is 4.04. The van der Waals surface area contributed by atoms with E-state index in [9.17, 15) is 0 Å². The van der Waals surface area contributed by atoms with Gasteiger partial charge in [0.1, 0.15) is 5.75 Å². The molecule has 0 bridgehead atoms. The molecule has 0 saturated carbocycles. The Morgan fingerprint density at radius 1 is 0.923 bits per heavy atom. The van der Waals surface area contributed by atoms with Crippen LogP contribution in [0.1, 0.15) is 38.8 Å². The van der Waals surface area contributed by atoms with E-state index in [1.807, 2.05) is 18.2 Å². The van der Waals surface area contributed by atoms with Crippen molar-refractivity contribution >= 4 is 18.3 Å². The van der Waals surface area contributed by atoms with Gasteiger partial charge in [-0.15, -0.1) is 0 Å². The third-order valence-corrected chi connectivity index (χ3v) is 5.76. The van der Waals surface area contributed by atoms with Gasteiger partial charge in [-0.25, -0.2) is 0 Å². The lowest BCUT2D eigenvalue weighted by Gasteiger charge is -2.32. The minimum atomic E-state index is -0.358. The van der Waals surface area contributed by atoms with Crippen molar-refractivity contribution < 1.29 is 14.0 Å². The van der Waals surface area contributed by atoms with E-state index >= 15 is 0 Å². The summed E-state index contributed by atoms with van der Waals surface area (Å²) in [6.07, 6.45) is 0. The number of hydrogen-bond donors (Lipinski definition) is 0. The second-order valence-corrected chi connectivity index (χ2v) is 8.38. The summed E-state index contributed by atoms with van der Waals surface area (Å²) >= 11 is 0. The zero-order chi connectivity index (χ0) is 18.7. The van der Waals surface area contributed by atoms with Gasteiger partial charge in [0, 0.05) is 19.2 Å². The van der Waals surface area contributed by atoms with Crippen molar-refractivity contribution in [3.05, 3.63) is 47.5 Å². The van der Waals surface area contributed by atoms with E-state index in [4.69, 9.17) is 14.0 Å². The van der Waals surface area contributed by atoms with Crippen molar-refractivity contribution in [2.24, 2.45) is 0 Å². The molecule has 5 heteroatoms. The van der Waals surface area contributed by atoms with Crippen LogP contribution < -0.4 is 15.1 Å². The van der Waals surface area contributed by atoms with E-state index in [2.05, 4.69) is 64.8 Å². The average molecular weight is 351 g/mol. The van der Waals surface area contributed by atoms with Crippen molar-refractivity contribution in [3.63, 3.8) is 0 Å². The highest BCUT2D eigenvalue weighted by atomic mass is 16.7. The fourth-order valence-corrected chi connectivity index (χ4v) is 3.42. The number of fused-ring (bicyclic) bond motifs is 2. The van der Waals surface area contributed by atoms with Crippen LogP contribution in [0.5, 0.6) is 11.5 Å². The van der Waals surface area contributed by atoms with E-state index in [1.54, 1.807) is 0 Å². The molecule has 0 N–H and O–H groups in total. The molecule has 4 rings (SSSR count). The van der Waals surface area contributed by atoms with Crippen LogP contribution in [0.2, 0.25) is 0 Å². The largest absolute Gasteiger partial charge is 0.494 e. The zero-order valence-corrected chi connectivity index (χ0v) is 16.4. The maximum Gasteiger partial charge on any atom is 0.494 e. The van der Waals surface area contributed by atoms with Crippen LogP contribution >= 0.6 is 0 Å². The van der Waals surface area contributed by atoms with E-state index in [1.165, 1.54) is 5.56 Å². The van der Waals surface area contributed by atoms with E-state index in [0.717, 1.165) is 34.8 Å². The van der Waals surface area contributed by atoms with Crippen LogP contribution in [-0.4, -0.2) is 25.4 Å². The van der Waals surface area contributed by atoms with Gasteiger partial charge >= 0.3 is 7.12 Å². The third kappa shape index (κ3) is 2.79. The maximum absolute atomic E-state index is 6.20. The number of nitrogens with zero attached hydrogens (tertiary/aromatic N) is 1. The van der Waals surface area contributed by atoms with E-state index in [-0.39, 0.29) is 18.3 Å². The lowest BCUT2D eigenvalue weighted by Crippen LogP contribution is -2.41. The van der Waals surface area contributed by atoms with E-state index < -0.39 is 0 Å². The molecule has 2 aliphatic heterocycles. The molecule has 1 saturated heterocycles. The molecule has 1 fully saturated rings. The molecule has 2 aromatic carbocycles. The van der Waals surface area contributed by atoms with Crippen molar-refractivity contribution in [2.75, 3.05) is 11.9 Å². The van der Waals surface area contributed by atoms with Crippen LogP contribution in [0, 0.1) is 6.92 Å². The van der Waals surface area contributed by atoms with Crippen LogP contribution in [-0.2, 0) is 15.9 Å². The molecule has 4 nitrogen and oxygen atoms in total. The molecule has 2 heterocycles. The summed E-state index contributed by atoms with van der Waals surface area (Å²) in [6.45, 7) is 11.2. The molecule has 0 aliphatic carbocycles. The number of rotatable bonds is 1. The Bertz CT molecular complexity index is 846. The van der Waals surface area contributed by atoms with Crippen molar-refractivity contribution in [1.29, 1.82) is 0 Å². The number of ether oxygens (including phenoxy) is 1. The zero-order valence-electron chi connectivity index (χ0n) is 16.4.